The number of amides is 1. The molecule has 1 amide bonds. The number of nitro groups is 1. The van der Waals surface area contributed by atoms with Crippen molar-refractivity contribution in [2.24, 2.45) is 5.92 Å². The Balaban J connectivity index is 1.49. The van der Waals surface area contributed by atoms with E-state index in [1.807, 2.05) is 24.3 Å². The number of likely N-dealkylation sites (N-methyl/N-ethyl adjacent to an activating group) is 1. The molecule has 2 heterocycles. The molecule has 0 bridgehead atoms. The zero-order valence-corrected chi connectivity index (χ0v) is 19.5. The first-order valence-electron chi connectivity index (χ1n) is 11.9. The summed E-state index contributed by atoms with van der Waals surface area (Å²) in [6.45, 7) is 11.3. The minimum absolute atomic E-state index is 0.0733. The van der Waals surface area contributed by atoms with E-state index in [0.29, 0.717) is 17.2 Å². The summed E-state index contributed by atoms with van der Waals surface area (Å²) < 4.78 is 0. The second-order valence-electron chi connectivity index (χ2n) is 9.05. The summed E-state index contributed by atoms with van der Waals surface area (Å²) >= 11 is 0. The summed E-state index contributed by atoms with van der Waals surface area (Å²) in [7, 11) is 0. The maximum Gasteiger partial charge on any atom is 0.270 e. The summed E-state index contributed by atoms with van der Waals surface area (Å²) in [4.78, 5) is 31.0. The van der Waals surface area contributed by atoms with Crippen LogP contribution in [0.3, 0.4) is 0 Å². The SMILES string of the molecule is CCN1CCN(c2ccc(NC(=O)c3cc([N+](=O)[O-])ccc3N3CCC(C)CC3)cc2)CC1. The smallest absolute Gasteiger partial charge is 0.270 e. The maximum absolute atomic E-state index is 13.2. The minimum Gasteiger partial charge on any atom is -0.371 e. The highest BCUT2D eigenvalue weighted by atomic mass is 16.6. The minimum atomic E-state index is -0.452. The van der Waals surface area contributed by atoms with E-state index in [4.69, 9.17) is 0 Å². The van der Waals surface area contributed by atoms with Crippen molar-refractivity contribution < 1.29 is 9.72 Å². The van der Waals surface area contributed by atoms with Gasteiger partial charge in [0.2, 0.25) is 0 Å². The van der Waals surface area contributed by atoms with E-state index in [1.54, 1.807) is 6.07 Å². The van der Waals surface area contributed by atoms with Crippen LogP contribution in [0.4, 0.5) is 22.7 Å². The molecule has 176 valence electrons. The van der Waals surface area contributed by atoms with Crippen molar-refractivity contribution in [3.05, 3.63) is 58.1 Å². The maximum atomic E-state index is 13.2. The first-order chi connectivity index (χ1) is 15.9. The molecule has 2 aromatic rings. The van der Waals surface area contributed by atoms with Gasteiger partial charge in [-0.25, -0.2) is 0 Å². The van der Waals surface area contributed by atoms with E-state index >= 15 is 0 Å². The number of nitrogens with one attached hydrogen (secondary N) is 1. The number of piperidine rings is 1. The van der Waals surface area contributed by atoms with Gasteiger partial charge in [0.15, 0.2) is 0 Å². The van der Waals surface area contributed by atoms with Gasteiger partial charge in [-0.2, -0.15) is 0 Å². The zero-order chi connectivity index (χ0) is 23.4. The first kappa shape index (κ1) is 23.0. The number of hydrogen-bond acceptors (Lipinski definition) is 6. The Bertz CT molecular complexity index is 978. The molecule has 8 nitrogen and oxygen atoms in total. The van der Waals surface area contributed by atoms with Gasteiger partial charge in [0.25, 0.3) is 11.6 Å². The van der Waals surface area contributed by atoms with E-state index in [2.05, 4.69) is 33.9 Å². The summed E-state index contributed by atoms with van der Waals surface area (Å²) in [5.41, 5.74) is 2.85. The van der Waals surface area contributed by atoms with Gasteiger partial charge in [0.05, 0.1) is 16.2 Å². The lowest BCUT2D eigenvalue weighted by Crippen LogP contribution is -2.46. The number of hydrogen-bond donors (Lipinski definition) is 1. The highest BCUT2D eigenvalue weighted by molar-refractivity contribution is 6.08. The van der Waals surface area contributed by atoms with Gasteiger partial charge >= 0.3 is 0 Å². The molecule has 2 aliphatic rings. The third kappa shape index (κ3) is 5.45. The number of anilines is 3. The number of benzene rings is 2. The van der Waals surface area contributed by atoms with Crippen LogP contribution in [0.25, 0.3) is 0 Å². The molecule has 2 aromatic carbocycles. The molecule has 0 saturated carbocycles. The average molecular weight is 452 g/mol. The topological polar surface area (TPSA) is 82.0 Å². The van der Waals surface area contributed by atoms with Crippen molar-refractivity contribution in [3.63, 3.8) is 0 Å². The van der Waals surface area contributed by atoms with Crippen LogP contribution in [0.1, 0.15) is 37.0 Å². The third-order valence-corrected chi connectivity index (χ3v) is 6.87. The van der Waals surface area contributed by atoms with Crippen LogP contribution in [-0.2, 0) is 0 Å². The van der Waals surface area contributed by atoms with Crippen LogP contribution in [0.2, 0.25) is 0 Å². The molecule has 0 spiro atoms. The molecular formula is C25H33N5O3. The largest absolute Gasteiger partial charge is 0.371 e. The van der Waals surface area contributed by atoms with Gasteiger partial charge in [0, 0.05) is 62.8 Å². The summed E-state index contributed by atoms with van der Waals surface area (Å²) in [5.74, 6) is 0.330. The van der Waals surface area contributed by atoms with E-state index in [1.165, 1.54) is 12.1 Å². The Hall–Kier alpha value is -3.13. The predicted octanol–water partition coefficient (Wildman–Crippen LogP) is 4.23. The fourth-order valence-corrected chi connectivity index (χ4v) is 4.62. The first-order valence-corrected chi connectivity index (χ1v) is 11.9. The van der Waals surface area contributed by atoms with Crippen molar-refractivity contribution >= 4 is 28.7 Å². The standard InChI is InChI=1S/C25H33N5O3/c1-3-27-14-16-28(17-15-27)21-6-4-20(5-7-21)26-25(31)23-18-22(30(32)33)8-9-24(23)29-12-10-19(2)11-13-29/h4-9,18-19H,3,10-17H2,1-2H3,(H,26,31). The fourth-order valence-electron chi connectivity index (χ4n) is 4.62. The Morgan fingerprint density at radius 3 is 2.27 bits per heavy atom. The van der Waals surface area contributed by atoms with Crippen molar-refractivity contribution in [2.75, 3.05) is 60.9 Å². The van der Waals surface area contributed by atoms with Crippen LogP contribution in [0.5, 0.6) is 0 Å². The summed E-state index contributed by atoms with van der Waals surface area (Å²) in [6, 6.07) is 12.4. The predicted molar refractivity (Wildman–Crippen MR) is 132 cm³/mol. The molecule has 2 aliphatic heterocycles. The van der Waals surface area contributed by atoms with Gasteiger partial charge < -0.3 is 20.0 Å². The normalized spacial score (nSPS) is 17.8. The molecule has 0 aliphatic carbocycles. The van der Waals surface area contributed by atoms with Gasteiger partial charge in [-0.3, -0.25) is 14.9 Å². The van der Waals surface area contributed by atoms with Crippen LogP contribution < -0.4 is 15.1 Å². The van der Waals surface area contributed by atoms with Crippen molar-refractivity contribution in [1.29, 1.82) is 0 Å². The number of carbonyl (C=O) groups excluding carboxylic acids is 1. The lowest BCUT2D eigenvalue weighted by atomic mass is 9.98. The summed E-state index contributed by atoms with van der Waals surface area (Å²) in [6.07, 6.45) is 2.10. The monoisotopic (exact) mass is 451 g/mol. The van der Waals surface area contributed by atoms with Gasteiger partial charge in [0.1, 0.15) is 0 Å². The molecule has 0 radical (unpaired) electrons. The summed E-state index contributed by atoms with van der Waals surface area (Å²) in [5, 5.41) is 14.3. The van der Waals surface area contributed by atoms with Crippen molar-refractivity contribution in [1.82, 2.24) is 4.90 Å². The number of nitro benzene ring substituents is 1. The Labute approximate surface area is 195 Å². The highest BCUT2D eigenvalue weighted by Crippen LogP contribution is 2.30. The number of nitrogens with zero attached hydrogens (tertiary/aromatic N) is 4. The lowest BCUT2D eigenvalue weighted by molar-refractivity contribution is -0.384. The number of carbonyl (C=O) groups is 1. The van der Waals surface area contributed by atoms with E-state index in [-0.39, 0.29) is 11.6 Å². The van der Waals surface area contributed by atoms with Crippen LogP contribution in [0, 0.1) is 16.0 Å². The lowest BCUT2D eigenvalue weighted by Gasteiger charge is -2.35. The number of piperazine rings is 1. The second kappa shape index (κ2) is 10.2. The molecule has 2 saturated heterocycles. The van der Waals surface area contributed by atoms with Gasteiger partial charge in [-0.15, -0.1) is 0 Å². The molecule has 2 fully saturated rings. The highest BCUT2D eigenvalue weighted by Gasteiger charge is 2.24. The molecule has 4 rings (SSSR count). The molecule has 33 heavy (non-hydrogen) atoms. The van der Waals surface area contributed by atoms with Gasteiger partial charge in [-0.05, 0) is 55.6 Å². The van der Waals surface area contributed by atoms with Crippen molar-refractivity contribution in [3.8, 4) is 0 Å². The molecule has 0 aromatic heterocycles. The Kier molecular flexibility index (Phi) is 7.13. The van der Waals surface area contributed by atoms with Crippen LogP contribution in [-0.4, -0.2) is 61.5 Å². The molecule has 0 atom stereocenters. The number of rotatable bonds is 6. The van der Waals surface area contributed by atoms with Gasteiger partial charge in [-0.1, -0.05) is 13.8 Å². The molecule has 8 heteroatoms. The molecule has 0 unspecified atom stereocenters. The Morgan fingerprint density at radius 1 is 1.00 bits per heavy atom. The average Bonchev–Trinajstić information content (AvgIpc) is 2.84. The van der Waals surface area contributed by atoms with E-state index in [0.717, 1.165) is 70.0 Å². The van der Waals surface area contributed by atoms with Crippen LogP contribution >= 0.6 is 0 Å². The van der Waals surface area contributed by atoms with E-state index in [9.17, 15) is 14.9 Å². The second-order valence-corrected chi connectivity index (χ2v) is 9.05. The van der Waals surface area contributed by atoms with E-state index < -0.39 is 4.92 Å². The number of non-ortho nitro benzene ring substituents is 1. The Morgan fingerprint density at radius 2 is 1.67 bits per heavy atom. The zero-order valence-electron chi connectivity index (χ0n) is 19.5. The van der Waals surface area contributed by atoms with Crippen molar-refractivity contribution in [2.45, 2.75) is 26.7 Å². The quantitative estimate of drug-likeness (QED) is 0.523. The molecular weight excluding hydrogens is 418 g/mol. The molecule has 1 N–H and O–H groups in total. The van der Waals surface area contributed by atoms with Crippen LogP contribution in [0.15, 0.2) is 42.5 Å². The fraction of sp³-hybridized carbons (Fsp3) is 0.480. The third-order valence-electron chi connectivity index (χ3n) is 6.87.